The van der Waals surface area contributed by atoms with Gasteiger partial charge < -0.3 is 29.7 Å². The Kier molecular flexibility index (Phi) is 9.14. The van der Waals surface area contributed by atoms with Crippen LogP contribution in [0.25, 0.3) is 0 Å². The summed E-state index contributed by atoms with van der Waals surface area (Å²) in [6.07, 6.45) is -3.16. The fraction of sp³-hybridized carbons (Fsp3) is 0.324. The number of aromatic nitrogens is 2. The van der Waals surface area contributed by atoms with E-state index in [4.69, 9.17) is 14.2 Å². The third kappa shape index (κ3) is 5.59. The van der Waals surface area contributed by atoms with Gasteiger partial charge in [0.25, 0.3) is 0 Å². The maximum Gasteiger partial charge on any atom is 0.351 e. The monoisotopic (exact) mass is 599 g/mol. The first-order chi connectivity index (χ1) is 21.2. The molecule has 0 saturated carbocycles. The van der Waals surface area contributed by atoms with Crippen molar-refractivity contribution in [1.29, 1.82) is 0 Å². The summed E-state index contributed by atoms with van der Waals surface area (Å²) in [7, 11) is 3.12. The lowest BCUT2D eigenvalue weighted by atomic mass is 9.63. The minimum absolute atomic E-state index is 0.0176. The van der Waals surface area contributed by atoms with Gasteiger partial charge in [-0.2, -0.15) is 4.98 Å². The first-order valence-corrected chi connectivity index (χ1v) is 14.5. The van der Waals surface area contributed by atoms with Crippen LogP contribution < -0.4 is 20.5 Å². The quantitative estimate of drug-likeness (QED) is 0.234. The van der Waals surface area contributed by atoms with Gasteiger partial charge in [0.2, 0.25) is 5.91 Å². The number of aliphatic hydroxyl groups is 2. The maximum absolute atomic E-state index is 13.0. The third-order valence-corrected chi connectivity index (χ3v) is 8.10. The molecule has 3 N–H and O–H groups in total. The van der Waals surface area contributed by atoms with Crippen molar-refractivity contribution >= 4 is 11.7 Å². The van der Waals surface area contributed by atoms with Gasteiger partial charge in [-0.05, 0) is 23.8 Å². The summed E-state index contributed by atoms with van der Waals surface area (Å²) in [5, 5.41) is 26.7. The summed E-state index contributed by atoms with van der Waals surface area (Å²) in [4.78, 5) is 29.1. The van der Waals surface area contributed by atoms with Crippen LogP contribution in [0.3, 0.4) is 0 Å². The molecule has 1 aromatic heterocycles. The largest absolute Gasteiger partial charge is 0.496 e. The van der Waals surface area contributed by atoms with E-state index in [1.807, 2.05) is 78.9 Å². The Morgan fingerprint density at radius 1 is 0.955 bits per heavy atom. The highest BCUT2D eigenvalue weighted by atomic mass is 16.5. The van der Waals surface area contributed by atoms with E-state index in [1.165, 1.54) is 16.8 Å². The highest BCUT2D eigenvalue weighted by Gasteiger charge is 2.54. The van der Waals surface area contributed by atoms with Crippen molar-refractivity contribution in [2.75, 3.05) is 19.5 Å². The summed E-state index contributed by atoms with van der Waals surface area (Å²) in [6.45, 7) is 3.47. The van der Waals surface area contributed by atoms with Crippen molar-refractivity contribution in [3.05, 3.63) is 118 Å². The van der Waals surface area contributed by atoms with Gasteiger partial charge in [-0.1, -0.05) is 80.6 Å². The Morgan fingerprint density at radius 3 is 2.07 bits per heavy atom. The van der Waals surface area contributed by atoms with Crippen molar-refractivity contribution in [3.8, 4) is 11.5 Å². The number of methoxy groups -OCH3 is 2. The lowest BCUT2D eigenvalue weighted by Gasteiger charge is -2.43. The molecule has 2 heterocycles. The van der Waals surface area contributed by atoms with Crippen LogP contribution in [0, 0.1) is 5.92 Å². The lowest BCUT2D eigenvalue weighted by molar-refractivity contribution is -0.118. The predicted molar refractivity (Wildman–Crippen MR) is 165 cm³/mol. The zero-order chi connectivity index (χ0) is 31.4. The number of hydrogen-bond acceptors (Lipinski definition) is 8. The number of aliphatic hydroxyl groups excluding tert-OH is 2. The highest BCUT2D eigenvalue weighted by Crippen LogP contribution is 2.51. The molecule has 0 spiro atoms. The summed E-state index contributed by atoms with van der Waals surface area (Å²) in [5.74, 6) is 0.603. The molecule has 44 heavy (non-hydrogen) atoms. The molecule has 0 radical (unpaired) electrons. The average Bonchev–Trinajstić information content (AvgIpc) is 3.43. The Balaban J connectivity index is 1.63. The SMILES string of the molecule is COc1ccccc1C(c1ccccc1)(c1ccccc1OC)C(O)[C@H]1O[C@@H](n2ccc(NC(=O)C(C)C)nc2=O)C[C@@H]1O. The van der Waals surface area contributed by atoms with Crippen LogP contribution in [0.4, 0.5) is 5.82 Å². The average molecular weight is 600 g/mol. The van der Waals surface area contributed by atoms with Gasteiger partial charge in [-0.3, -0.25) is 9.36 Å². The molecule has 10 nitrogen and oxygen atoms in total. The summed E-state index contributed by atoms with van der Waals surface area (Å²) in [6, 6.07) is 25.7. The molecule has 10 heteroatoms. The number of para-hydroxylation sites is 2. The number of hydrogen-bond donors (Lipinski definition) is 3. The van der Waals surface area contributed by atoms with E-state index >= 15 is 0 Å². The molecule has 4 atom stereocenters. The molecule has 3 aromatic carbocycles. The van der Waals surface area contributed by atoms with Crippen LogP contribution in [-0.4, -0.2) is 58.2 Å². The Hall–Kier alpha value is -4.51. The van der Waals surface area contributed by atoms with Crippen LogP contribution >= 0.6 is 0 Å². The van der Waals surface area contributed by atoms with Gasteiger partial charge in [0.05, 0.1) is 25.7 Å². The molecule has 1 saturated heterocycles. The molecule has 4 aromatic rings. The normalized spacial score (nSPS) is 19.0. The molecular weight excluding hydrogens is 562 g/mol. The zero-order valence-corrected chi connectivity index (χ0v) is 25.1. The van der Waals surface area contributed by atoms with Crippen molar-refractivity contribution in [1.82, 2.24) is 9.55 Å². The Morgan fingerprint density at radius 2 is 1.52 bits per heavy atom. The van der Waals surface area contributed by atoms with E-state index in [2.05, 4.69) is 10.3 Å². The number of amides is 1. The van der Waals surface area contributed by atoms with E-state index in [1.54, 1.807) is 28.1 Å². The van der Waals surface area contributed by atoms with Gasteiger partial charge >= 0.3 is 5.69 Å². The number of anilines is 1. The number of nitrogens with one attached hydrogen (secondary N) is 1. The first-order valence-electron chi connectivity index (χ1n) is 14.5. The lowest BCUT2D eigenvalue weighted by Crippen LogP contribution is -2.51. The van der Waals surface area contributed by atoms with Gasteiger partial charge in [0.1, 0.15) is 35.8 Å². The molecule has 5 rings (SSSR count). The van der Waals surface area contributed by atoms with Gasteiger partial charge in [0, 0.05) is 29.7 Å². The number of rotatable bonds is 10. The van der Waals surface area contributed by atoms with Gasteiger partial charge in [0.15, 0.2) is 0 Å². The van der Waals surface area contributed by atoms with Gasteiger partial charge in [-0.15, -0.1) is 0 Å². The van der Waals surface area contributed by atoms with E-state index < -0.39 is 35.6 Å². The number of benzene rings is 3. The molecule has 1 aliphatic rings. The fourth-order valence-corrected chi connectivity index (χ4v) is 5.94. The molecular formula is C34H37N3O7. The number of nitrogens with zero attached hydrogens (tertiary/aromatic N) is 2. The molecule has 1 unspecified atom stereocenters. The summed E-state index contributed by atoms with van der Waals surface area (Å²) < 4.78 is 19.2. The molecule has 0 bridgehead atoms. The minimum Gasteiger partial charge on any atom is -0.496 e. The maximum atomic E-state index is 13.0. The van der Waals surface area contributed by atoms with Crippen molar-refractivity contribution in [2.24, 2.45) is 5.92 Å². The van der Waals surface area contributed by atoms with Crippen molar-refractivity contribution in [2.45, 2.75) is 50.2 Å². The standard InChI is InChI=1S/C34H37N3O7/c1-21(2)32(40)35-28-18-19-37(33(41)36-28)29-20-25(38)30(44-29)31(39)34(22-12-6-5-7-13-22,23-14-8-10-16-26(23)42-3)24-15-9-11-17-27(24)43-4/h5-19,21,25,29-31,38-39H,20H2,1-4H3,(H,35,36,40,41)/t25-,29+,30-,31?/m0/s1. The smallest absolute Gasteiger partial charge is 0.351 e. The van der Waals surface area contributed by atoms with Crippen LogP contribution in [0.2, 0.25) is 0 Å². The second kappa shape index (κ2) is 13.0. The molecule has 0 aliphatic carbocycles. The van der Waals surface area contributed by atoms with Gasteiger partial charge in [-0.25, -0.2) is 4.79 Å². The number of ether oxygens (including phenoxy) is 3. The summed E-state index contributed by atoms with van der Waals surface area (Å²) >= 11 is 0. The van der Waals surface area contributed by atoms with E-state index in [0.717, 1.165) is 0 Å². The minimum atomic E-state index is -1.40. The summed E-state index contributed by atoms with van der Waals surface area (Å²) in [5.41, 5.74) is -0.0366. The Labute approximate surface area is 255 Å². The second-order valence-corrected chi connectivity index (χ2v) is 11.0. The highest BCUT2D eigenvalue weighted by molar-refractivity contribution is 5.91. The van der Waals surface area contributed by atoms with E-state index in [9.17, 15) is 19.8 Å². The topological polar surface area (TPSA) is 132 Å². The molecule has 230 valence electrons. The fourth-order valence-electron chi connectivity index (χ4n) is 5.94. The number of carbonyl (C=O) groups is 1. The third-order valence-electron chi connectivity index (χ3n) is 8.10. The van der Waals surface area contributed by atoms with Crippen LogP contribution in [-0.2, 0) is 14.9 Å². The van der Waals surface area contributed by atoms with Crippen molar-refractivity contribution < 1.29 is 29.2 Å². The first kappa shape index (κ1) is 30.9. The van der Waals surface area contributed by atoms with Crippen LogP contribution in [0.1, 0.15) is 43.2 Å². The van der Waals surface area contributed by atoms with E-state index in [0.29, 0.717) is 28.2 Å². The molecule has 1 fully saturated rings. The van der Waals surface area contributed by atoms with Crippen LogP contribution in [0.15, 0.2) is 95.9 Å². The number of carbonyl (C=O) groups excluding carboxylic acids is 1. The molecule has 1 aliphatic heterocycles. The van der Waals surface area contributed by atoms with Crippen molar-refractivity contribution in [3.63, 3.8) is 0 Å². The Bertz CT molecular complexity index is 1610. The predicted octanol–water partition coefficient (Wildman–Crippen LogP) is 3.90. The molecule has 1 amide bonds. The zero-order valence-electron chi connectivity index (χ0n) is 25.1. The van der Waals surface area contributed by atoms with E-state index in [-0.39, 0.29) is 24.1 Å². The van der Waals surface area contributed by atoms with Crippen LogP contribution in [0.5, 0.6) is 11.5 Å². The second-order valence-electron chi connectivity index (χ2n) is 11.0.